The van der Waals surface area contributed by atoms with Crippen LogP contribution in [0.1, 0.15) is 11.5 Å². The molecule has 0 spiro atoms. The molecular weight excluding hydrogens is 367 g/mol. The average Bonchev–Trinajstić information content (AvgIpc) is 3.27. The van der Waals surface area contributed by atoms with Crippen LogP contribution in [0.25, 0.3) is 22.8 Å². The lowest BCUT2D eigenvalue weighted by atomic mass is 10.1. The molecule has 136 valence electrons. The van der Waals surface area contributed by atoms with Gasteiger partial charge in [-0.25, -0.2) is 9.07 Å². The van der Waals surface area contributed by atoms with Crippen LogP contribution in [0.5, 0.6) is 0 Å². The second-order valence-electron chi connectivity index (χ2n) is 5.80. The van der Waals surface area contributed by atoms with E-state index in [0.717, 1.165) is 11.1 Å². The fourth-order valence-electron chi connectivity index (χ4n) is 2.57. The Morgan fingerprint density at radius 1 is 1.15 bits per heavy atom. The van der Waals surface area contributed by atoms with Crippen LogP contribution in [-0.2, 0) is 5.75 Å². The Kier molecular flexibility index (Phi) is 4.59. The van der Waals surface area contributed by atoms with Crippen molar-refractivity contribution in [3.05, 3.63) is 65.8 Å². The number of thioether (sulfide) groups is 1. The summed E-state index contributed by atoms with van der Waals surface area (Å²) in [4.78, 5) is 4.42. The van der Waals surface area contributed by atoms with Crippen LogP contribution < -0.4 is 5.84 Å². The molecule has 0 aliphatic carbocycles. The number of nitrogens with two attached hydrogens (primary N) is 1. The van der Waals surface area contributed by atoms with Crippen molar-refractivity contribution in [1.82, 2.24) is 25.0 Å². The van der Waals surface area contributed by atoms with Crippen LogP contribution in [-0.4, -0.2) is 25.0 Å². The van der Waals surface area contributed by atoms with E-state index in [0.29, 0.717) is 34.0 Å². The zero-order chi connectivity index (χ0) is 18.8. The van der Waals surface area contributed by atoms with Gasteiger partial charge in [0.05, 0.1) is 5.75 Å². The summed E-state index contributed by atoms with van der Waals surface area (Å²) in [5.74, 6) is 7.44. The average molecular weight is 382 g/mol. The molecule has 0 saturated carbocycles. The molecule has 7 nitrogen and oxygen atoms in total. The summed E-state index contributed by atoms with van der Waals surface area (Å²) in [5.41, 5.74) is 2.54. The molecule has 0 aliphatic rings. The minimum atomic E-state index is -0.362. The van der Waals surface area contributed by atoms with E-state index >= 15 is 0 Å². The summed E-state index contributed by atoms with van der Waals surface area (Å²) < 4.78 is 20.0. The van der Waals surface area contributed by atoms with Crippen LogP contribution in [0, 0.1) is 12.7 Å². The van der Waals surface area contributed by atoms with Crippen LogP contribution in [0.2, 0.25) is 0 Å². The van der Waals surface area contributed by atoms with E-state index in [4.69, 9.17) is 10.4 Å². The SMILES string of the molecule is Cc1ccccc1-c1noc(CSc2nnc(-c3cccc(F)c3)n2N)n1. The van der Waals surface area contributed by atoms with Crippen molar-refractivity contribution in [1.29, 1.82) is 0 Å². The molecule has 4 rings (SSSR count). The highest BCUT2D eigenvalue weighted by molar-refractivity contribution is 7.98. The molecule has 0 amide bonds. The highest BCUT2D eigenvalue weighted by Gasteiger charge is 2.15. The Bertz CT molecular complexity index is 1090. The highest BCUT2D eigenvalue weighted by atomic mass is 32.2. The van der Waals surface area contributed by atoms with Crippen molar-refractivity contribution >= 4 is 11.8 Å². The van der Waals surface area contributed by atoms with Gasteiger partial charge in [-0.1, -0.05) is 53.3 Å². The molecular formula is C18H15FN6OS. The third-order valence-corrected chi connectivity index (χ3v) is 4.85. The molecule has 0 radical (unpaired) electrons. The minimum absolute atomic E-state index is 0.362. The van der Waals surface area contributed by atoms with Crippen molar-refractivity contribution < 1.29 is 8.91 Å². The molecule has 9 heteroatoms. The molecule has 2 aromatic carbocycles. The van der Waals surface area contributed by atoms with E-state index in [2.05, 4.69) is 20.3 Å². The van der Waals surface area contributed by atoms with Crippen LogP contribution in [0.3, 0.4) is 0 Å². The van der Waals surface area contributed by atoms with Gasteiger partial charge in [-0.2, -0.15) is 4.98 Å². The maximum absolute atomic E-state index is 13.4. The topological polar surface area (TPSA) is 95.7 Å². The van der Waals surface area contributed by atoms with E-state index in [9.17, 15) is 4.39 Å². The number of halogens is 1. The van der Waals surface area contributed by atoms with Crippen LogP contribution in [0.15, 0.2) is 58.2 Å². The number of nitrogen functional groups attached to an aromatic ring is 1. The van der Waals surface area contributed by atoms with Crippen molar-refractivity contribution in [2.75, 3.05) is 5.84 Å². The molecule has 4 aromatic rings. The number of nitrogens with zero attached hydrogens (tertiary/aromatic N) is 5. The first-order valence-electron chi connectivity index (χ1n) is 8.09. The first-order valence-corrected chi connectivity index (χ1v) is 9.08. The molecule has 2 heterocycles. The summed E-state index contributed by atoms with van der Waals surface area (Å²) in [5, 5.41) is 12.6. The molecule has 2 aromatic heterocycles. The van der Waals surface area contributed by atoms with Gasteiger partial charge >= 0.3 is 0 Å². The lowest BCUT2D eigenvalue weighted by molar-refractivity contribution is 0.391. The fourth-order valence-corrected chi connectivity index (χ4v) is 3.27. The number of hydrogen-bond acceptors (Lipinski definition) is 7. The molecule has 0 atom stereocenters. The lowest BCUT2D eigenvalue weighted by Crippen LogP contribution is -2.11. The van der Waals surface area contributed by atoms with Gasteiger partial charge in [-0.05, 0) is 24.6 Å². The van der Waals surface area contributed by atoms with Gasteiger partial charge in [0, 0.05) is 11.1 Å². The monoisotopic (exact) mass is 382 g/mol. The molecule has 0 saturated heterocycles. The highest BCUT2D eigenvalue weighted by Crippen LogP contribution is 2.26. The standard InChI is InChI=1S/C18H15FN6OS/c1-11-5-2-3-8-14(11)16-21-15(26-24-16)10-27-18-23-22-17(25(18)20)12-6-4-7-13(19)9-12/h2-9H,10,20H2,1H3. The van der Waals surface area contributed by atoms with E-state index < -0.39 is 0 Å². The first kappa shape index (κ1) is 17.2. The second kappa shape index (κ2) is 7.20. The summed E-state index contributed by atoms with van der Waals surface area (Å²) >= 11 is 1.31. The number of rotatable bonds is 5. The Hall–Kier alpha value is -3.20. The van der Waals surface area contributed by atoms with Crippen molar-refractivity contribution in [3.63, 3.8) is 0 Å². The Balaban J connectivity index is 1.50. The van der Waals surface area contributed by atoms with Crippen molar-refractivity contribution in [2.45, 2.75) is 17.8 Å². The van der Waals surface area contributed by atoms with Gasteiger partial charge in [0.2, 0.25) is 16.9 Å². The van der Waals surface area contributed by atoms with E-state index in [1.807, 2.05) is 31.2 Å². The molecule has 27 heavy (non-hydrogen) atoms. The minimum Gasteiger partial charge on any atom is -0.338 e. The molecule has 0 aliphatic heterocycles. The van der Waals surface area contributed by atoms with Gasteiger partial charge in [-0.15, -0.1) is 10.2 Å². The summed E-state index contributed by atoms with van der Waals surface area (Å²) in [7, 11) is 0. The summed E-state index contributed by atoms with van der Waals surface area (Å²) in [6.45, 7) is 1.99. The number of hydrogen-bond donors (Lipinski definition) is 1. The molecule has 0 bridgehead atoms. The van der Waals surface area contributed by atoms with Crippen molar-refractivity contribution in [3.8, 4) is 22.8 Å². The van der Waals surface area contributed by atoms with E-state index in [1.165, 1.54) is 28.6 Å². The maximum Gasteiger partial charge on any atom is 0.237 e. The zero-order valence-electron chi connectivity index (χ0n) is 14.3. The molecule has 2 N–H and O–H groups in total. The number of benzene rings is 2. The molecule has 0 unspecified atom stereocenters. The third kappa shape index (κ3) is 3.54. The normalized spacial score (nSPS) is 11.0. The number of aryl methyl sites for hydroxylation is 1. The second-order valence-corrected chi connectivity index (χ2v) is 6.74. The molecule has 0 fully saturated rings. The van der Waals surface area contributed by atoms with Crippen LogP contribution >= 0.6 is 11.8 Å². The van der Waals surface area contributed by atoms with Crippen LogP contribution in [0.4, 0.5) is 4.39 Å². The fraction of sp³-hybridized carbons (Fsp3) is 0.111. The van der Waals surface area contributed by atoms with E-state index in [-0.39, 0.29) is 5.82 Å². The van der Waals surface area contributed by atoms with Gasteiger partial charge in [-0.3, -0.25) is 0 Å². The first-order chi connectivity index (χ1) is 13.1. The van der Waals surface area contributed by atoms with E-state index in [1.54, 1.807) is 12.1 Å². The largest absolute Gasteiger partial charge is 0.338 e. The Labute approximate surface area is 158 Å². The van der Waals surface area contributed by atoms with Gasteiger partial charge in [0.15, 0.2) is 5.82 Å². The summed E-state index contributed by atoms with van der Waals surface area (Å²) in [6, 6.07) is 13.9. The lowest BCUT2D eigenvalue weighted by Gasteiger charge is -2.02. The smallest absolute Gasteiger partial charge is 0.237 e. The third-order valence-electron chi connectivity index (χ3n) is 3.93. The maximum atomic E-state index is 13.4. The summed E-state index contributed by atoms with van der Waals surface area (Å²) in [6.07, 6.45) is 0. The quantitative estimate of drug-likeness (QED) is 0.417. The van der Waals surface area contributed by atoms with Gasteiger partial charge in [0.25, 0.3) is 0 Å². The number of aromatic nitrogens is 5. The van der Waals surface area contributed by atoms with Gasteiger partial charge < -0.3 is 10.4 Å². The Morgan fingerprint density at radius 3 is 2.81 bits per heavy atom. The van der Waals surface area contributed by atoms with Gasteiger partial charge in [0.1, 0.15) is 5.82 Å². The van der Waals surface area contributed by atoms with Crippen molar-refractivity contribution in [2.24, 2.45) is 0 Å². The predicted octanol–water partition coefficient (Wildman–Crippen LogP) is 3.45. The Morgan fingerprint density at radius 2 is 2.00 bits per heavy atom. The zero-order valence-corrected chi connectivity index (χ0v) is 15.2. The predicted molar refractivity (Wildman–Crippen MR) is 99.6 cm³/mol.